The van der Waals surface area contributed by atoms with Gasteiger partial charge in [-0.05, 0) is 23.6 Å². The molecule has 18 heavy (non-hydrogen) atoms. The molecule has 0 fully saturated rings. The summed E-state index contributed by atoms with van der Waals surface area (Å²) in [5.74, 6) is 1.19. The largest absolute Gasteiger partial charge is 0.496 e. The van der Waals surface area contributed by atoms with E-state index in [9.17, 15) is 5.26 Å². The van der Waals surface area contributed by atoms with E-state index < -0.39 is 0 Å². The molecule has 1 aromatic rings. The molecule has 0 aliphatic heterocycles. The summed E-state index contributed by atoms with van der Waals surface area (Å²) in [7, 11) is 0. The van der Waals surface area contributed by atoms with Crippen molar-refractivity contribution in [3.8, 4) is 6.07 Å². The Kier molecular flexibility index (Phi) is 5.74. The summed E-state index contributed by atoms with van der Waals surface area (Å²) in [6.07, 6.45) is 0.707. The summed E-state index contributed by atoms with van der Waals surface area (Å²) in [4.78, 5) is 0. The van der Waals surface area contributed by atoms with Gasteiger partial charge in [-0.3, -0.25) is 0 Å². The lowest BCUT2D eigenvalue weighted by Gasteiger charge is -2.13. The normalized spacial score (nSPS) is 12.0. The summed E-state index contributed by atoms with van der Waals surface area (Å²) in [5, 5.41) is 9.96. The zero-order valence-corrected chi connectivity index (χ0v) is 11.8. The van der Waals surface area contributed by atoms with Crippen LogP contribution in [0, 0.1) is 17.2 Å². The summed E-state index contributed by atoms with van der Waals surface area (Å²) < 4.78 is 5.71. The average Bonchev–Trinajstić information content (AvgIpc) is 2.35. The average molecular weight is 264 g/mol. The van der Waals surface area contributed by atoms with E-state index in [2.05, 4.69) is 19.9 Å². The maximum absolute atomic E-state index is 9.29. The Morgan fingerprint density at radius 1 is 1.33 bits per heavy atom. The molecule has 3 heteroatoms. The molecule has 0 spiro atoms. The third-order valence-corrected chi connectivity index (χ3v) is 2.69. The number of ether oxygens (including phenoxy) is 1. The van der Waals surface area contributed by atoms with Gasteiger partial charge in [-0.15, -0.1) is 0 Å². The van der Waals surface area contributed by atoms with E-state index in [0.29, 0.717) is 29.5 Å². The van der Waals surface area contributed by atoms with E-state index >= 15 is 0 Å². The van der Waals surface area contributed by atoms with Gasteiger partial charge in [-0.2, -0.15) is 5.26 Å². The lowest BCUT2D eigenvalue weighted by atomic mass is 10.0. The molecule has 0 unspecified atom stereocenters. The van der Waals surface area contributed by atoms with Crippen LogP contribution in [-0.4, -0.2) is 6.61 Å². The second kappa shape index (κ2) is 7.08. The van der Waals surface area contributed by atoms with Gasteiger partial charge in [0.25, 0.3) is 0 Å². The van der Waals surface area contributed by atoms with Crippen LogP contribution >= 0.6 is 11.6 Å². The third-order valence-electron chi connectivity index (χ3n) is 2.44. The summed E-state index contributed by atoms with van der Waals surface area (Å²) in [6, 6.07) is 9.47. The molecular formula is C15H18ClNO. The van der Waals surface area contributed by atoms with Gasteiger partial charge in [0.2, 0.25) is 0 Å². The van der Waals surface area contributed by atoms with Crippen molar-refractivity contribution in [1.82, 2.24) is 0 Å². The molecule has 1 aromatic carbocycles. The topological polar surface area (TPSA) is 33.0 Å². The van der Waals surface area contributed by atoms with E-state index in [-0.39, 0.29) is 0 Å². The lowest BCUT2D eigenvalue weighted by molar-refractivity contribution is 0.175. The lowest BCUT2D eigenvalue weighted by Crippen LogP contribution is -2.03. The smallest absolute Gasteiger partial charge is 0.114 e. The van der Waals surface area contributed by atoms with Crippen LogP contribution in [0.1, 0.15) is 32.8 Å². The van der Waals surface area contributed by atoms with Crippen LogP contribution in [0.2, 0.25) is 5.02 Å². The van der Waals surface area contributed by atoms with Crippen LogP contribution in [-0.2, 0) is 4.74 Å². The number of nitrogens with zero attached hydrogens (tertiary/aromatic N) is 1. The van der Waals surface area contributed by atoms with E-state index in [1.807, 2.05) is 19.1 Å². The first-order valence-corrected chi connectivity index (χ1v) is 6.48. The second-order valence-corrected chi connectivity index (χ2v) is 4.91. The molecule has 0 saturated heterocycles. The van der Waals surface area contributed by atoms with Crippen molar-refractivity contribution in [1.29, 1.82) is 5.26 Å². The molecule has 0 aliphatic rings. The van der Waals surface area contributed by atoms with Crippen molar-refractivity contribution in [2.24, 2.45) is 5.92 Å². The number of nitriles is 1. The van der Waals surface area contributed by atoms with Crippen LogP contribution in [0.15, 0.2) is 30.0 Å². The van der Waals surface area contributed by atoms with Gasteiger partial charge in [0.15, 0.2) is 0 Å². The fraction of sp³-hybridized carbons (Fsp3) is 0.400. The molecule has 2 nitrogen and oxygen atoms in total. The van der Waals surface area contributed by atoms with Gasteiger partial charge in [-0.25, -0.2) is 0 Å². The molecule has 96 valence electrons. The zero-order valence-electron chi connectivity index (χ0n) is 11.0. The van der Waals surface area contributed by atoms with Gasteiger partial charge in [0.05, 0.1) is 12.2 Å². The number of hydrogen-bond donors (Lipinski definition) is 0. The van der Waals surface area contributed by atoms with Crippen molar-refractivity contribution >= 4 is 17.2 Å². The number of benzene rings is 1. The van der Waals surface area contributed by atoms with Gasteiger partial charge >= 0.3 is 0 Å². The number of hydrogen-bond acceptors (Lipinski definition) is 2. The molecule has 0 aliphatic carbocycles. The monoisotopic (exact) mass is 263 g/mol. The van der Waals surface area contributed by atoms with E-state index in [1.54, 1.807) is 12.1 Å². The predicted octanol–water partition coefficient (Wildman–Crippen LogP) is 4.66. The highest BCUT2D eigenvalue weighted by atomic mass is 35.5. The molecule has 0 bridgehead atoms. The van der Waals surface area contributed by atoms with Crippen LogP contribution in [0.4, 0.5) is 0 Å². The van der Waals surface area contributed by atoms with Crippen LogP contribution in [0.5, 0.6) is 0 Å². The standard InChI is InChI=1S/C15H18ClNO/c1-4-15(18-10-11(2)3)14(9-17)12-5-7-13(16)8-6-12/h5-8,11H,4,10H2,1-3H3/b15-14-. The first kappa shape index (κ1) is 14.6. The minimum Gasteiger partial charge on any atom is -0.496 e. The maximum Gasteiger partial charge on any atom is 0.114 e. The van der Waals surface area contributed by atoms with Crippen LogP contribution in [0.3, 0.4) is 0 Å². The molecule has 0 aromatic heterocycles. The molecular weight excluding hydrogens is 246 g/mol. The summed E-state index contributed by atoms with van der Waals surface area (Å²) in [5.41, 5.74) is 1.44. The van der Waals surface area contributed by atoms with E-state index in [4.69, 9.17) is 16.3 Å². The highest BCUT2D eigenvalue weighted by molar-refractivity contribution is 6.30. The van der Waals surface area contributed by atoms with Gasteiger partial charge in [-0.1, -0.05) is 44.5 Å². The SMILES string of the molecule is CC/C(OCC(C)C)=C(\C#N)c1ccc(Cl)cc1. The number of rotatable bonds is 5. The Morgan fingerprint density at radius 3 is 2.39 bits per heavy atom. The van der Waals surface area contributed by atoms with Crippen molar-refractivity contribution < 1.29 is 4.74 Å². The predicted molar refractivity (Wildman–Crippen MR) is 75.1 cm³/mol. The highest BCUT2D eigenvalue weighted by Crippen LogP contribution is 2.23. The summed E-state index contributed by atoms with van der Waals surface area (Å²) in [6.45, 7) is 6.79. The third kappa shape index (κ3) is 4.09. The number of halogens is 1. The Morgan fingerprint density at radius 2 is 1.94 bits per heavy atom. The Hall–Kier alpha value is -1.46. The summed E-state index contributed by atoms with van der Waals surface area (Å²) >= 11 is 5.85. The van der Waals surface area contributed by atoms with Crippen molar-refractivity contribution in [2.45, 2.75) is 27.2 Å². The Labute approximate surface area is 114 Å². The second-order valence-electron chi connectivity index (χ2n) is 4.48. The molecule has 0 N–H and O–H groups in total. The van der Waals surface area contributed by atoms with Crippen molar-refractivity contribution in [2.75, 3.05) is 6.61 Å². The van der Waals surface area contributed by atoms with Gasteiger partial charge in [0.1, 0.15) is 11.8 Å². The molecule has 1 rings (SSSR count). The molecule has 0 saturated carbocycles. The molecule has 0 atom stereocenters. The quantitative estimate of drug-likeness (QED) is 0.572. The first-order chi connectivity index (χ1) is 8.58. The molecule has 0 radical (unpaired) electrons. The zero-order chi connectivity index (χ0) is 13.5. The Bertz CT molecular complexity index is 454. The van der Waals surface area contributed by atoms with Crippen molar-refractivity contribution in [3.05, 3.63) is 40.6 Å². The molecule has 0 amide bonds. The Balaban J connectivity index is 3.04. The maximum atomic E-state index is 9.29. The molecule has 0 heterocycles. The van der Waals surface area contributed by atoms with E-state index in [1.165, 1.54) is 0 Å². The fourth-order valence-corrected chi connectivity index (χ4v) is 1.65. The minimum atomic E-state index is 0.441. The fourth-order valence-electron chi connectivity index (χ4n) is 1.52. The van der Waals surface area contributed by atoms with E-state index in [0.717, 1.165) is 11.3 Å². The minimum absolute atomic E-state index is 0.441. The van der Waals surface area contributed by atoms with Crippen LogP contribution < -0.4 is 0 Å². The van der Waals surface area contributed by atoms with Gasteiger partial charge in [0, 0.05) is 11.4 Å². The first-order valence-electron chi connectivity index (χ1n) is 6.10. The van der Waals surface area contributed by atoms with Crippen LogP contribution in [0.25, 0.3) is 5.57 Å². The van der Waals surface area contributed by atoms with Gasteiger partial charge < -0.3 is 4.74 Å². The number of allylic oxidation sites excluding steroid dienone is 2. The highest BCUT2D eigenvalue weighted by Gasteiger charge is 2.10. The van der Waals surface area contributed by atoms with Crippen molar-refractivity contribution in [3.63, 3.8) is 0 Å².